The Balaban J connectivity index is -0.0000000536. The van der Waals surface area contributed by atoms with Crippen molar-refractivity contribution in [3.05, 3.63) is 0 Å². The normalized spacial score (nSPS) is 10.7. The van der Waals surface area contributed by atoms with E-state index in [2.05, 4.69) is 0 Å². The molecule has 0 heterocycles. The van der Waals surface area contributed by atoms with E-state index in [1.54, 1.807) is 0 Å². The fourth-order valence-electron chi connectivity index (χ4n) is 0. The first kappa shape index (κ1) is 33.3. The van der Waals surface area contributed by atoms with Crippen molar-refractivity contribution >= 4 is 23.5 Å². The van der Waals surface area contributed by atoms with Crippen molar-refractivity contribution in [1.82, 2.24) is 0 Å². The molecule has 0 saturated heterocycles. The molecule has 1 radical (unpaired) electrons. The van der Waals surface area contributed by atoms with Crippen LogP contribution < -0.4 is 58.9 Å². The number of hydrogen-bond donors (Lipinski definition) is 0. The monoisotopic (exact) mass is 416 g/mol. The summed E-state index contributed by atoms with van der Waals surface area (Å²) < 4.78 is 62.6. The van der Waals surface area contributed by atoms with Crippen LogP contribution in [0.15, 0.2) is 0 Å². The summed E-state index contributed by atoms with van der Waals surface area (Å²) in [4.78, 5) is 53.2. The minimum atomic E-state index is -5.31. The van der Waals surface area contributed by atoms with Gasteiger partial charge in [0.05, 0.1) is 0 Å². The van der Waals surface area contributed by atoms with Crippen LogP contribution in [0.25, 0.3) is 0 Å². The van der Waals surface area contributed by atoms with Crippen molar-refractivity contribution in [3.63, 3.8) is 0 Å². The Morgan fingerprint density at radius 3 is 0.650 bits per heavy atom. The Bertz CT molecular complexity index is 279. The summed E-state index contributed by atoms with van der Waals surface area (Å²) in [6, 6.07) is 0. The third-order valence-electron chi connectivity index (χ3n) is 0.254. The first-order chi connectivity index (χ1) is 7.68. The zero-order valence-electron chi connectivity index (χ0n) is 8.82. The van der Waals surface area contributed by atoms with Gasteiger partial charge in [-0.3, -0.25) is 0 Å². The van der Waals surface area contributed by atoms with Gasteiger partial charge < -0.3 is 43.1 Å². The van der Waals surface area contributed by atoms with E-state index in [-0.39, 0.29) is 48.1 Å². The predicted molar refractivity (Wildman–Crippen MR) is 29.4 cm³/mol. The van der Waals surface area contributed by atoms with Crippen LogP contribution in [0.1, 0.15) is 0 Å². The quantitative estimate of drug-likeness (QED) is 0.310. The Labute approximate surface area is 142 Å². The molecule has 0 N–H and O–H groups in total. The second kappa shape index (κ2) is 15.6. The van der Waals surface area contributed by atoms with Gasteiger partial charge in [0.2, 0.25) is 0 Å². The molecule has 119 valence electrons. The molecule has 0 aliphatic rings. The van der Waals surface area contributed by atoms with Crippen LogP contribution in [0.2, 0.25) is 0 Å². The number of hydrogen-bond acceptors (Lipinski definition) is 12. The van der Waals surface area contributed by atoms with Gasteiger partial charge in [-0.1, -0.05) is 0 Å². The molecular weight excluding hydrogens is 416 g/mol. The Hall–Kier alpha value is 1.70. The summed E-state index contributed by atoms with van der Waals surface area (Å²) in [7, 11) is -15.9. The standard InChI is InChI=1S/3FH2O4P.Na.V/c3*1-5-6(2,3)4;;/h3*(H2,2,3,4);;/q;;;+1;/p-6. The van der Waals surface area contributed by atoms with Crippen molar-refractivity contribution in [2.45, 2.75) is 0 Å². The zero-order valence-corrected chi connectivity index (χ0v) is 14.9. The van der Waals surface area contributed by atoms with Crippen molar-refractivity contribution in [2.24, 2.45) is 0 Å². The van der Waals surface area contributed by atoms with E-state index in [4.69, 9.17) is 43.1 Å². The molecule has 0 aromatic rings. The van der Waals surface area contributed by atoms with E-state index in [0.717, 1.165) is 0 Å². The van der Waals surface area contributed by atoms with Crippen LogP contribution in [0, 0.1) is 0 Å². The summed E-state index contributed by atoms with van der Waals surface area (Å²) in [6.07, 6.45) is 0. The maximum absolute atomic E-state index is 10.1. The van der Waals surface area contributed by atoms with E-state index in [0.29, 0.717) is 0 Å². The SMILES string of the molecule is O=P([O-])([O-])OF.O=P([O-])([O-])OF.O=P([O-])([O-])OF.[Na+].[V]. The fraction of sp³-hybridized carbons (Fsp3) is 0. The molecule has 0 unspecified atom stereocenters. The largest absolute Gasteiger partial charge is 1.00 e. The number of phosphoric acid groups is 3. The van der Waals surface area contributed by atoms with Crippen LogP contribution in [-0.4, -0.2) is 0 Å². The summed E-state index contributed by atoms with van der Waals surface area (Å²) >= 11 is 0. The third kappa shape index (κ3) is 60.2. The second-order valence-corrected chi connectivity index (χ2v) is 4.65. The fourth-order valence-corrected chi connectivity index (χ4v) is 0. The third-order valence-corrected chi connectivity index (χ3v) is 0.761. The minimum absolute atomic E-state index is 0. The molecule has 0 bridgehead atoms. The average molecular weight is 416 g/mol. The van der Waals surface area contributed by atoms with Gasteiger partial charge in [-0.25, -0.2) is 0 Å². The van der Waals surface area contributed by atoms with Crippen LogP contribution >= 0.6 is 23.5 Å². The molecule has 0 atom stereocenters. The molecule has 0 aliphatic heterocycles. The zero-order chi connectivity index (χ0) is 15.6. The maximum Gasteiger partial charge on any atom is 1.00 e. The summed E-state index contributed by atoms with van der Waals surface area (Å²) in [5.74, 6) is 0. The van der Waals surface area contributed by atoms with Crippen LogP contribution in [0.5, 0.6) is 0 Å². The van der Waals surface area contributed by atoms with Gasteiger partial charge in [0.25, 0.3) is 0 Å². The molecule has 0 aromatic heterocycles. The maximum atomic E-state index is 10.1. The molecule has 20 heavy (non-hydrogen) atoms. The van der Waals surface area contributed by atoms with Gasteiger partial charge in [-0.15, -0.1) is 0 Å². The van der Waals surface area contributed by atoms with Crippen LogP contribution in [-0.2, 0) is 46.4 Å². The molecule has 0 aromatic carbocycles. The van der Waals surface area contributed by atoms with Crippen LogP contribution in [0.3, 0.4) is 0 Å². The molecule has 0 rings (SSSR count). The molecule has 0 amide bonds. The molecule has 0 fully saturated rings. The predicted octanol–water partition coefficient (Wildman–Crippen LogP) is -6.85. The first-order valence-corrected chi connectivity index (χ1v) is 7.04. The topological polar surface area (TPSA) is 217 Å². The second-order valence-electron chi connectivity index (χ2n) is 1.55. The van der Waals surface area contributed by atoms with Crippen molar-refractivity contribution in [3.8, 4) is 0 Å². The summed E-state index contributed by atoms with van der Waals surface area (Å²) in [6.45, 7) is 0. The Morgan fingerprint density at radius 1 is 0.600 bits per heavy atom. The summed E-state index contributed by atoms with van der Waals surface area (Å²) in [5.41, 5.74) is 0. The Morgan fingerprint density at radius 2 is 0.650 bits per heavy atom. The minimum Gasteiger partial charge on any atom is -0.787 e. The van der Waals surface area contributed by atoms with E-state index < -0.39 is 23.5 Å². The van der Waals surface area contributed by atoms with Gasteiger partial charge in [-0.05, 0) is 13.6 Å². The van der Waals surface area contributed by atoms with Gasteiger partial charge in [0, 0.05) is 18.6 Å². The number of halogens is 3. The molecule has 0 aliphatic carbocycles. The molecular formula is F3NaO12P3V-5. The Kier molecular flexibility index (Phi) is 26.0. The number of rotatable bonds is 3. The van der Waals surface area contributed by atoms with E-state index >= 15 is 0 Å². The molecule has 0 saturated carbocycles. The van der Waals surface area contributed by atoms with E-state index in [9.17, 15) is 13.6 Å². The van der Waals surface area contributed by atoms with Gasteiger partial charge in [-0.2, -0.15) is 14.2 Å². The van der Waals surface area contributed by atoms with Gasteiger partial charge in [0.15, 0.2) is 0 Å². The van der Waals surface area contributed by atoms with Crippen molar-refractivity contribution in [1.29, 1.82) is 0 Å². The van der Waals surface area contributed by atoms with Crippen molar-refractivity contribution < 1.29 is 119 Å². The first-order valence-electron chi connectivity index (χ1n) is 2.65. The average Bonchev–Trinajstić information content (AvgIpc) is 2.16. The summed E-state index contributed by atoms with van der Waals surface area (Å²) in [5, 5.41) is 0. The van der Waals surface area contributed by atoms with Crippen molar-refractivity contribution in [2.75, 3.05) is 0 Å². The molecule has 20 heteroatoms. The van der Waals surface area contributed by atoms with E-state index in [1.807, 2.05) is 14.2 Å². The molecule has 0 spiro atoms. The van der Waals surface area contributed by atoms with Gasteiger partial charge >= 0.3 is 29.6 Å². The molecule has 12 nitrogen and oxygen atoms in total. The van der Waals surface area contributed by atoms with Crippen LogP contribution in [0.4, 0.5) is 13.6 Å². The smallest absolute Gasteiger partial charge is 0.787 e. The van der Waals surface area contributed by atoms with E-state index in [1.165, 1.54) is 0 Å². The van der Waals surface area contributed by atoms with Gasteiger partial charge in [0.1, 0.15) is 23.5 Å².